The quantitative estimate of drug-likeness (QED) is 0.738. The number of aromatic nitrogens is 1. The molecular weight excluding hydrogens is 367 g/mol. The summed E-state index contributed by atoms with van der Waals surface area (Å²) in [5, 5.41) is 19.1. The molecule has 3 aliphatic heterocycles. The minimum absolute atomic E-state index is 0.150. The first-order valence-corrected chi connectivity index (χ1v) is 8.17. The molecule has 0 saturated carbocycles. The van der Waals surface area contributed by atoms with E-state index in [2.05, 4.69) is 4.98 Å². The molecule has 1 N–H and O–H groups in total. The van der Waals surface area contributed by atoms with Gasteiger partial charge in [-0.05, 0) is 19.9 Å². The maximum Gasteiger partial charge on any atom is 0.419 e. The first kappa shape index (κ1) is 17.9. The molecule has 0 spiro atoms. The van der Waals surface area contributed by atoms with Crippen LogP contribution in [0.2, 0.25) is 0 Å². The Morgan fingerprint density at radius 3 is 2.56 bits per heavy atom. The SMILES string of the molecule is CC12C[C@@H](O)C(C)(O1)[C@@H]1C(=O)N(c3cnc(C#N)c(C(F)(F)F)c3)C(=O)[C@@H]12. The molecule has 7 nitrogen and oxygen atoms in total. The fourth-order valence-corrected chi connectivity index (χ4v) is 4.66. The highest BCUT2D eigenvalue weighted by Gasteiger charge is 2.75. The molecular formula is C17H14F3N3O4. The van der Waals surface area contributed by atoms with Crippen LogP contribution in [0, 0.1) is 23.2 Å². The van der Waals surface area contributed by atoms with E-state index < -0.39 is 58.4 Å². The number of imide groups is 1. The Hall–Kier alpha value is -2.51. The number of aliphatic hydroxyl groups excluding tert-OH is 1. The number of carbonyl (C=O) groups is 2. The van der Waals surface area contributed by atoms with E-state index in [1.165, 1.54) is 13.0 Å². The van der Waals surface area contributed by atoms with E-state index in [1.807, 2.05) is 0 Å². The normalized spacial score (nSPS) is 37.7. The molecule has 4 rings (SSSR count). The van der Waals surface area contributed by atoms with Crippen molar-refractivity contribution >= 4 is 17.5 Å². The van der Waals surface area contributed by atoms with Gasteiger partial charge in [0.05, 0.1) is 41.0 Å². The Balaban J connectivity index is 1.81. The number of halogens is 3. The van der Waals surface area contributed by atoms with Crippen molar-refractivity contribution in [3.63, 3.8) is 0 Å². The van der Waals surface area contributed by atoms with Crippen molar-refractivity contribution in [2.75, 3.05) is 4.90 Å². The van der Waals surface area contributed by atoms with Gasteiger partial charge in [-0.15, -0.1) is 0 Å². The summed E-state index contributed by atoms with van der Waals surface area (Å²) >= 11 is 0. The van der Waals surface area contributed by atoms with Crippen LogP contribution < -0.4 is 4.90 Å². The fourth-order valence-electron chi connectivity index (χ4n) is 4.66. The number of pyridine rings is 1. The number of alkyl halides is 3. The third-order valence-corrected chi connectivity index (χ3v) is 5.84. The van der Waals surface area contributed by atoms with Gasteiger partial charge in [0.25, 0.3) is 0 Å². The van der Waals surface area contributed by atoms with Gasteiger partial charge in [-0.2, -0.15) is 18.4 Å². The van der Waals surface area contributed by atoms with Crippen molar-refractivity contribution in [3.8, 4) is 6.07 Å². The van der Waals surface area contributed by atoms with Crippen LogP contribution in [0.4, 0.5) is 18.9 Å². The molecule has 4 heterocycles. The van der Waals surface area contributed by atoms with Crippen LogP contribution in [0.15, 0.2) is 12.3 Å². The topological polar surface area (TPSA) is 104 Å². The molecule has 1 aromatic heterocycles. The number of anilines is 1. The van der Waals surface area contributed by atoms with Gasteiger partial charge in [-0.3, -0.25) is 9.59 Å². The number of nitrogens with zero attached hydrogens (tertiary/aromatic N) is 3. The molecule has 3 saturated heterocycles. The van der Waals surface area contributed by atoms with E-state index in [1.54, 1.807) is 6.92 Å². The minimum atomic E-state index is -4.87. The standard InChI is InChI=1S/C17H14F3N3O4/c1-15-4-10(24)16(2,27-15)12-11(15)13(25)23(14(12)26)7-3-8(17(18,19)20)9(5-21)22-6-7/h3,6,10-12,24H,4H2,1-2H3/t10-,11-,12+,15?,16?/m1/s1. The lowest BCUT2D eigenvalue weighted by atomic mass is 9.67. The lowest BCUT2D eigenvalue weighted by Crippen LogP contribution is -2.49. The van der Waals surface area contributed by atoms with Gasteiger partial charge in [-0.25, -0.2) is 9.88 Å². The summed E-state index contributed by atoms with van der Waals surface area (Å²) in [6, 6.07) is 1.93. The Kier molecular flexibility index (Phi) is 3.35. The number of amides is 2. The van der Waals surface area contributed by atoms with E-state index in [9.17, 15) is 27.9 Å². The van der Waals surface area contributed by atoms with Crippen molar-refractivity contribution in [3.05, 3.63) is 23.5 Å². The average Bonchev–Trinajstić information content (AvgIpc) is 3.07. The highest BCUT2D eigenvalue weighted by atomic mass is 19.4. The third kappa shape index (κ3) is 2.12. The summed E-state index contributed by atoms with van der Waals surface area (Å²) in [6.07, 6.45) is -4.79. The molecule has 0 radical (unpaired) electrons. The van der Waals surface area contributed by atoms with Gasteiger partial charge in [0.1, 0.15) is 11.7 Å². The van der Waals surface area contributed by atoms with Crippen LogP contribution in [-0.4, -0.2) is 39.2 Å². The molecule has 2 unspecified atom stereocenters. The van der Waals surface area contributed by atoms with Crippen LogP contribution in [0.1, 0.15) is 31.5 Å². The lowest BCUT2D eigenvalue weighted by Gasteiger charge is -2.31. The zero-order chi connectivity index (χ0) is 19.9. The van der Waals surface area contributed by atoms with Crippen molar-refractivity contribution in [2.24, 2.45) is 11.8 Å². The van der Waals surface area contributed by atoms with Crippen LogP contribution in [0.3, 0.4) is 0 Å². The van der Waals surface area contributed by atoms with Crippen molar-refractivity contribution < 1.29 is 32.6 Å². The second-order valence-electron chi connectivity index (χ2n) is 7.48. The number of hydrogen-bond donors (Lipinski definition) is 1. The molecule has 10 heteroatoms. The number of fused-ring (bicyclic) bond motifs is 5. The highest BCUT2D eigenvalue weighted by Crippen LogP contribution is 2.61. The number of nitriles is 1. The van der Waals surface area contributed by atoms with Gasteiger partial charge in [0.2, 0.25) is 11.8 Å². The molecule has 1 aromatic rings. The molecule has 0 aliphatic carbocycles. The van der Waals surface area contributed by atoms with Crippen LogP contribution in [0.5, 0.6) is 0 Å². The second kappa shape index (κ2) is 5.05. The summed E-state index contributed by atoms with van der Waals surface area (Å²) in [6.45, 7) is 3.14. The fraction of sp³-hybridized carbons (Fsp3) is 0.529. The molecule has 5 atom stereocenters. The highest BCUT2D eigenvalue weighted by molar-refractivity contribution is 6.23. The first-order valence-electron chi connectivity index (χ1n) is 8.17. The molecule has 3 aliphatic rings. The average molecular weight is 381 g/mol. The van der Waals surface area contributed by atoms with Crippen LogP contribution in [-0.2, 0) is 20.5 Å². The predicted octanol–water partition coefficient (Wildman–Crippen LogP) is 1.39. The van der Waals surface area contributed by atoms with Gasteiger partial charge >= 0.3 is 6.18 Å². The summed E-state index contributed by atoms with van der Waals surface area (Å²) in [4.78, 5) is 30.0. The molecule has 2 bridgehead atoms. The number of hydrogen-bond acceptors (Lipinski definition) is 6. The van der Waals surface area contributed by atoms with Crippen LogP contribution >= 0.6 is 0 Å². The van der Waals surface area contributed by atoms with Crippen molar-refractivity contribution in [1.29, 1.82) is 5.26 Å². The van der Waals surface area contributed by atoms with E-state index in [4.69, 9.17) is 10.00 Å². The first-order chi connectivity index (χ1) is 12.4. The molecule has 0 aromatic carbocycles. The van der Waals surface area contributed by atoms with Crippen LogP contribution in [0.25, 0.3) is 0 Å². The molecule has 27 heavy (non-hydrogen) atoms. The monoisotopic (exact) mass is 381 g/mol. The molecule has 142 valence electrons. The second-order valence-corrected chi connectivity index (χ2v) is 7.48. The Labute approximate surface area is 151 Å². The summed E-state index contributed by atoms with van der Waals surface area (Å²) in [7, 11) is 0. The third-order valence-electron chi connectivity index (χ3n) is 5.84. The summed E-state index contributed by atoms with van der Waals surface area (Å²) < 4.78 is 45.4. The summed E-state index contributed by atoms with van der Waals surface area (Å²) in [5.74, 6) is -3.33. The number of rotatable bonds is 1. The Bertz CT molecular complexity index is 927. The molecule has 2 amide bonds. The van der Waals surface area contributed by atoms with E-state index in [-0.39, 0.29) is 12.1 Å². The van der Waals surface area contributed by atoms with Gasteiger partial charge < -0.3 is 9.84 Å². The van der Waals surface area contributed by atoms with Gasteiger partial charge in [-0.1, -0.05) is 0 Å². The lowest BCUT2D eigenvalue weighted by molar-refractivity contribution is -0.138. The predicted molar refractivity (Wildman–Crippen MR) is 81.9 cm³/mol. The number of ether oxygens (including phenoxy) is 1. The zero-order valence-electron chi connectivity index (χ0n) is 14.2. The Morgan fingerprint density at radius 1 is 1.33 bits per heavy atom. The largest absolute Gasteiger partial charge is 0.419 e. The Morgan fingerprint density at radius 2 is 1.96 bits per heavy atom. The zero-order valence-corrected chi connectivity index (χ0v) is 14.2. The van der Waals surface area contributed by atoms with Gasteiger partial charge in [0.15, 0.2) is 5.69 Å². The van der Waals surface area contributed by atoms with E-state index in [0.29, 0.717) is 11.0 Å². The summed E-state index contributed by atoms with van der Waals surface area (Å²) in [5.41, 5.74) is -4.88. The number of carbonyl (C=O) groups excluding carboxylic acids is 2. The minimum Gasteiger partial charge on any atom is -0.390 e. The van der Waals surface area contributed by atoms with E-state index >= 15 is 0 Å². The number of aliphatic hydroxyl groups is 1. The van der Waals surface area contributed by atoms with Crippen molar-refractivity contribution in [1.82, 2.24) is 4.98 Å². The van der Waals surface area contributed by atoms with Crippen molar-refractivity contribution in [2.45, 2.75) is 43.8 Å². The maximum absolute atomic E-state index is 13.2. The smallest absolute Gasteiger partial charge is 0.390 e. The van der Waals surface area contributed by atoms with E-state index in [0.717, 1.165) is 6.20 Å². The van der Waals surface area contributed by atoms with Gasteiger partial charge in [0, 0.05) is 6.42 Å². The maximum atomic E-state index is 13.2. The molecule has 3 fully saturated rings.